The molecule has 18 heavy (non-hydrogen) atoms. The molecule has 3 nitrogen and oxygen atoms in total. The Bertz CT molecular complexity index is 539. The highest BCUT2D eigenvalue weighted by Crippen LogP contribution is 2.18. The number of nitrogens with two attached hydrogens (primary N) is 1. The molecule has 0 saturated heterocycles. The zero-order chi connectivity index (χ0) is 13.1. The van der Waals surface area contributed by atoms with Gasteiger partial charge in [-0.15, -0.1) is 11.3 Å². The van der Waals surface area contributed by atoms with Crippen LogP contribution in [0.15, 0.2) is 24.4 Å². The van der Waals surface area contributed by atoms with E-state index < -0.39 is 0 Å². The lowest BCUT2D eigenvalue weighted by atomic mass is 10.1. The van der Waals surface area contributed by atoms with Crippen molar-refractivity contribution in [3.8, 4) is 0 Å². The van der Waals surface area contributed by atoms with Crippen molar-refractivity contribution < 1.29 is 4.39 Å². The normalized spacial score (nSPS) is 11.1. The first-order valence-electron chi connectivity index (χ1n) is 5.68. The maximum Gasteiger partial charge on any atom is 0.180 e. The predicted molar refractivity (Wildman–Crippen MR) is 72.8 cm³/mol. The van der Waals surface area contributed by atoms with E-state index in [1.165, 1.54) is 17.4 Å². The third-order valence-corrected chi connectivity index (χ3v) is 3.45. The number of hydrogen-bond donors (Lipinski definition) is 1. The van der Waals surface area contributed by atoms with Crippen molar-refractivity contribution in [1.82, 2.24) is 9.88 Å². The Morgan fingerprint density at radius 2 is 2.17 bits per heavy atom. The molecule has 0 unspecified atom stereocenters. The number of rotatable bonds is 4. The minimum absolute atomic E-state index is 0.156. The molecule has 0 bridgehead atoms. The lowest BCUT2D eigenvalue weighted by molar-refractivity contribution is 0.316. The van der Waals surface area contributed by atoms with Gasteiger partial charge >= 0.3 is 0 Å². The van der Waals surface area contributed by atoms with Crippen molar-refractivity contribution in [2.45, 2.75) is 20.0 Å². The number of benzene rings is 1. The average Bonchev–Trinajstić information content (AvgIpc) is 2.69. The summed E-state index contributed by atoms with van der Waals surface area (Å²) in [5, 5.41) is 0.570. The Balaban J connectivity index is 2.02. The Hall–Kier alpha value is -1.46. The lowest BCUT2D eigenvalue weighted by Crippen LogP contribution is -2.17. The van der Waals surface area contributed by atoms with Crippen LogP contribution >= 0.6 is 11.3 Å². The van der Waals surface area contributed by atoms with E-state index in [4.69, 9.17) is 5.73 Å². The van der Waals surface area contributed by atoms with Crippen molar-refractivity contribution >= 4 is 16.5 Å². The van der Waals surface area contributed by atoms with Crippen LogP contribution in [0.25, 0.3) is 0 Å². The summed E-state index contributed by atoms with van der Waals surface area (Å²) < 4.78 is 13.6. The Morgan fingerprint density at radius 3 is 2.83 bits per heavy atom. The third-order valence-electron chi connectivity index (χ3n) is 2.64. The first-order chi connectivity index (χ1) is 8.54. The van der Waals surface area contributed by atoms with E-state index in [1.54, 1.807) is 12.3 Å². The Labute approximate surface area is 110 Å². The first kappa shape index (κ1) is 13.0. The summed E-state index contributed by atoms with van der Waals surface area (Å²) in [6.07, 6.45) is 1.77. The summed E-state index contributed by atoms with van der Waals surface area (Å²) >= 11 is 1.47. The number of thiazole rings is 1. The second-order valence-corrected chi connectivity index (χ2v) is 5.58. The van der Waals surface area contributed by atoms with Gasteiger partial charge in [-0.1, -0.05) is 17.7 Å². The summed E-state index contributed by atoms with van der Waals surface area (Å²) in [7, 11) is 1.96. The first-order valence-corrected chi connectivity index (χ1v) is 6.50. The fraction of sp³-hybridized carbons (Fsp3) is 0.308. The summed E-state index contributed by atoms with van der Waals surface area (Å²) in [6, 6.07) is 5.18. The number of anilines is 1. The highest BCUT2D eigenvalue weighted by molar-refractivity contribution is 7.15. The number of nitrogens with zero attached hydrogens (tertiary/aromatic N) is 2. The van der Waals surface area contributed by atoms with E-state index >= 15 is 0 Å². The van der Waals surface area contributed by atoms with E-state index in [0.29, 0.717) is 11.7 Å². The van der Waals surface area contributed by atoms with Crippen molar-refractivity contribution in [3.63, 3.8) is 0 Å². The van der Waals surface area contributed by atoms with E-state index in [9.17, 15) is 4.39 Å². The molecule has 0 aliphatic rings. The van der Waals surface area contributed by atoms with E-state index in [1.807, 2.05) is 24.9 Å². The van der Waals surface area contributed by atoms with Crippen molar-refractivity contribution in [3.05, 3.63) is 46.2 Å². The molecule has 0 amide bonds. The SMILES string of the molecule is Cc1ccc(F)c(CN(C)Cc2cnc(N)s2)c1. The van der Waals surface area contributed by atoms with Gasteiger partial charge in [0.25, 0.3) is 0 Å². The van der Waals surface area contributed by atoms with Gasteiger partial charge in [0.1, 0.15) is 5.82 Å². The van der Waals surface area contributed by atoms with Gasteiger partial charge < -0.3 is 5.73 Å². The minimum atomic E-state index is -0.156. The zero-order valence-corrected chi connectivity index (χ0v) is 11.3. The molecule has 96 valence electrons. The number of aromatic nitrogens is 1. The molecule has 0 aliphatic heterocycles. The van der Waals surface area contributed by atoms with Crippen molar-refractivity contribution in [2.24, 2.45) is 0 Å². The van der Waals surface area contributed by atoms with Gasteiger partial charge in [0, 0.05) is 29.7 Å². The molecule has 0 saturated carbocycles. The van der Waals surface area contributed by atoms with Gasteiger partial charge in [0.15, 0.2) is 5.13 Å². The van der Waals surface area contributed by atoms with Gasteiger partial charge in [0.2, 0.25) is 0 Å². The maximum absolute atomic E-state index is 13.6. The molecular formula is C13H16FN3S. The number of halogens is 1. The Kier molecular flexibility index (Phi) is 3.93. The third kappa shape index (κ3) is 3.27. The standard InChI is InChI=1S/C13H16FN3S/c1-9-3-4-12(14)10(5-9)7-17(2)8-11-6-16-13(15)18-11/h3-6H,7-8H2,1-2H3,(H2,15,16). The van der Waals surface area contributed by atoms with Crippen LogP contribution in [0.1, 0.15) is 16.0 Å². The summed E-state index contributed by atoms with van der Waals surface area (Å²) in [5.74, 6) is -0.156. The topological polar surface area (TPSA) is 42.2 Å². The lowest BCUT2D eigenvalue weighted by Gasteiger charge is -2.16. The van der Waals surface area contributed by atoms with Crippen LogP contribution in [0.4, 0.5) is 9.52 Å². The van der Waals surface area contributed by atoms with Crippen LogP contribution in [0.3, 0.4) is 0 Å². The fourth-order valence-corrected chi connectivity index (χ4v) is 2.60. The van der Waals surface area contributed by atoms with Gasteiger partial charge in [-0.3, -0.25) is 4.90 Å². The molecular weight excluding hydrogens is 249 g/mol. The molecule has 5 heteroatoms. The molecule has 2 rings (SSSR count). The predicted octanol–water partition coefficient (Wildman–Crippen LogP) is 2.80. The van der Waals surface area contributed by atoms with Crippen LogP contribution in [-0.4, -0.2) is 16.9 Å². The molecule has 2 N–H and O–H groups in total. The molecule has 0 aliphatic carbocycles. The highest BCUT2D eigenvalue weighted by atomic mass is 32.1. The van der Waals surface area contributed by atoms with E-state index in [2.05, 4.69) is 4.98 Å². The van der Waals surface area contributed by atoms with Crippen LogP contribution < -0.4 is 5.73 Å². The minimum Gasteiger partial charge on any atom is -0.375 e. The van der Waals surface area contributed by atoms with E-state index in [-0.39, 0.29) is 5.82 Å². The Morgan fingerprint density at radius 1 is 1.39 bits per heavy atom. The molecule has 2 aromatic rings. The van der Waals surface area contributed by atoms with Crippen LogP contribution in [0.5, 0.6) is 0 Å². The van der Waals surface area contributed by atoms with E-state index in [0.717, 1.165) is 22.5 Å². The van der Waals surface area contributed by atoms with Crippen LogP contribution in [-0.2, 0) is 13.1 Å². The number of hydrogen-bond acceptors (Lipinski definition) is 4. The molecule has 0 spiro atoms. The molecule has 0 radical (unpaired) electrons. The molecule has 1 aromatic heterocycles. The smallest absolute Gasteiger partial charge is 0.180 e. The van der Waals surface area contributed by atoms with Crippen LogP contribution in [0, 0.1) is 12.7 Å². The van der Waals surface area contributed by atoms with Gasteiger partial charge in [-0.05, 0) is 20.0 Å². The van der Waals surface area contributed by atoms with Gasteiger partial charge in [-0.25, -0.2) is 9.37 Å². The average molecular weight is 265 g/mol. The van der Waals surface area contributed by atoms with Crippen LogP contribution in [0.2, 0.25) is 0 Å². The molecule has 0 fully saturated rings. The second kappa shape index (κ2) is 5.46. The summed E-state index contributed by atoms with van der Waals surface area (Å²) in [6.45, 7) is 3.26. The molecule has 1 heterocycles. The van der Waals surface area contributed by atoms with Gasteiger partial charge in [0.05, 0.1) is 0 Å². The monoisotopic (exact) mass is 265 g/mol. The van der Waals surface area contributed by atoms with Crippen molar-refractivity contribution in [2.75, 3.05) is 12.8 Å². The summed E-state index contributed by atoms with van der Waals surface area (Å²) in [4.78, 5) is 7.14. The molecule has 1 aromatic carbocycles. The highest BCUT2D eigenvalue weighted by Gasteiger charge is 2.08. The van der Waals surface area contributed by atoms with Gasteiger partial charge in [-0.2, -0.15) is 0 Å². The number of nitrogen functional groups attached to an aromatic ring is 1. The maximum atomic E-state index is 13.6. The summed E-state index contributed by atoms with van der Waals surface area (Å²) in [5.41, 5.74) is 7.37. The second-order valence-electron chi connectivity index (χ2n) is 4.43. The molecule has 0 atom stereocenters. The fourth-order valence-electron chi connectivity index (χ4n) is 1.83. The quantitative estimate of drug-likeness (QED) is 0.924. The zero-order valence-electron chi connectivity index (χ0n) is 10.5. The number of aryl methyl sites for hydroxylation is 1. The van der Waals surface area contributed by atoms with Crippen molar-refractivity contribution in [1.29, 1.82) is 0 Å². The largest absolute Gasteiger partial charge is 0.375 e.